The summed E-state index contributed by atoms with van der Waals surface area (Å²) in [4.78, 5) is 17.4. The highest BCUT2D eigenvalue weighted by atomic mass is 16.5. The first-order chi connectivity index (χ1) is 13.0. The number of hydrogen-bond acceptors (Lipinski definition) is 3. The first-order valence-corrected chi connectivity index (χ1v) is 10.4. The van der Waals surface area contributed by atoms with E-state index in [4.69, 9.17) is 4.74 Å². The van der Waals surface area contributed by atoms with Crippen LogP contribution in [0.25, 0.3) is 0 Å². The summed E-state index contributed by atoms with van der Waals surface area (Å²) in [6, 6.07) is 7.41. The summed E-state index contributed by atoms with van der Waals surface area (Å²) in [5, 5.41) is 12.2. The molecule has 156 valence electrons. The van der Waals surface area contributed by atoms with Gasteiger partial charge in [0.1, 0.15) is 11.4 Å². The minimum Gasteiger partial charge on any atom is -0.497 e. The average molecular weight is 389 g/mol. The molecule has 0 spiro atoms. The number of ether oxygens (including phenoxy) is 1. The zero-order chi connectivity index (χ0) is 20.7. The molecule has 0 aliphatic carbocycles. The zero-order valence-corrected chi connectivity index (χ0v) is 18.3. The molecule has 0 saturated carbocycles. The molecule has 2 fully saturated rings. The molecule has 0 aromatic heterocycles. The van der Waals surface area contributed by atoms with Gasteiger partial charge in [0.2, 0.25) is 0 Å². The van der Waals surface area contributed by atoms with E-state index >= 15 is 0 Å². The highest BCUT2D eigenvalue weighted by molar-refractivity contribution is 5.76. The number of likely N-dealkylation sites (tertiary alicyclic amines) is 2. The van der Waals surface area contributed by atoms with Gasteiger partial charge in [0.25, 0.3) is 0 Å². The molecule has 2 aliphatic heterocycles. The molecule has 3 rings (SSSR count). The molecule has 2 aliphatic rings. The second-order valence-electron chi connectivity index (χ2n) is 10.0. The van der Waals surface area contributed by atoms with Crippen LogP contribution in [-0.2, 0) is 0 Å². The topological polar surface area (TPSA) is 53.0 Å². The van der Waals surface area contributed by atoms with Gasteiger partial charge in [-0.25, -0.2) is 4.79 Å². The van der Waals surface area contributed by atoms with Crippen LogP contribution >= 0.6 is 0 Å². The number of urea groups is 1. The van der Waals surface area contributed by atoms with Crippen molar-refractivity contribution in [3.8, 4) is 5.75 Å². The summed E-state index contributed by atoms with van der Waals surface area (Å²) >= 11 is 0. The standard InChI is InChI=1S/C23H36N2O3/c1-21(2,3)23(27)19(17-11-10-12-18(15-17)28-6)25(16-22(23,4)5)20(26)24-13-8-7-9-14-24/h10-12,15,19,27H,7-9,13-14,16H2,1-6H3/t19-,23+/m0/s1. The molecule has 2 saturated heterocycles. The summed E-state index contributed by atoms with van der Waals surface area (Å²) < 4.78 is 5.44. The lowest BCUT2D eigenvalue weighted by atomic mass is 9.60. The van der Waals surface area contributed by atoms with E-state index in [1.54, 1.807) is 7.11 Å². The van der Waals surface area contributed by atoms with Crippen molar-refractivity contribution >= 4 is 6.03 Å². The lowest BCUT2D eigenvalue weighted by Gasteiger charge is -2.49. The highest BCUT2D eigenvalue weighted by Crippen LogP contribution is 2.59. The Balaban J connectivity index is 2.11. The zero-order valence-electron chi connectivity index (χ0n) is 18.3. The molecule has 1 aromatic rings. The smallest absolute Gasteiger partial charge is 0.320 e. The Bertz CT molecular complexity index is 719. The molecular formula is C23H36N2O3. The quantitative estimate of drug-likeness (QED) is 0.814. The van der Waals surface area contributed by atoms with E-state index in [0.717, 1.165) is 37.2 Å². The first-order valence-electron chi connectivity index (χ1n) is 10.4. The molecule has 2 amide bonds. The predicted molar refractivity (Wildman–Crippen MR) is 111 cm³/mol. The average Bonchev–Trinajstić information content (AvgIpc) is 2.89. The largest absolute Gasteiger partial charge is 0.497 e. The van der Waals surface area contributed by atoms with Crippen LogP contribution in [0.4, 0.5) is 4.79 Å². The lowest BCUT2D eigenvalue weighted by molar-refractivity contribution is -0.137. The minimum absolute atomic E-state index is 0.0424. The van der Waals surface area contributed by atoms with Crippen molar-refractivity contribution in [3.63, 3.8) is 0 Å². The Hall–Kier alpha value is -1.75. The van der Waals surface area contributed by atoms with Crippen molar-refractivity contribution < 1.29 is 14.6 Å². The summed E-state index contributed by atoms with van der Waals surface area (Å²) in [6.07, 6.45) is 3.28. The highest BCUT2D eigenvalue weighted by Gasteiger charge is 2.65. The summed E-state index contributed by atoms with van der Waals surface area (Å²) in [5.74, 6) is 0.740. The van der Waals surface area contributed by atoms with Crippen LogP contribution in [0.5, 0.6) is 5.75 Å². The lowest BCUT2D eigenvalue weighted by Crippen LogP contribution is -2.56. The maximum atomic E-state index is 13.6. The monoisotopic (exact) mass is 388 g/mol. The normalized spacial score (nSPS) is 27.8. The summed E-state index contributed by atoms with van der Waals surface area (Å²) in [7, 11) is 1.64. The summed E-state index contributed by atoms with van der Waals surface area (Å²) in [5.41, 5.74) is -1.03. The fourth-order valence-electron chi connectivity index (χ4n) is 5.34. The Morgan fingerprint density at radius 1 is 1.18 bits per heavy atom. The minimum atomic E-state index is -1.09. The Kier molecular flexibility index (Phi) is 5.43. The van der Waals surface area contributed by atoms with Gasteiger partial charge < -0.3 is 19.6 Å². The number of rotatable bonds is 2. The third-order valence-electron chi connectivity index (χ3n) is 6.73. The molecule has 0 bridgehead atoms. The van der Waals surface area contributed by atoms with Gasteiger partial charge in [-0.05, 0) is 42.4 Å². The van der Waals surface area contributed by atoms with E-state index in [-0.39, 0.29) is 6.03 Å². The van der Waals surface area contributed by atoms with Crippen LogP contribution in [0.3, 0.4) is 0 Å². The van der Waals surface area contributed by atoms with Gasteiger partial charge in [-0.2, -0.15) is 0 Å². The maximum Gasteiger partial charge on any atom is 0.320 e. The molecule has 2 heterocycles. The van der Waals surface area contributed by atoms with E-state index in [9.17, 15) is 9.90 Å². The molecular weight excluding hydrogens is 352 g/mol. The van der Waals surface area contributed by atoms with E-state index < -0.39 is 22.5 Å². The SMILES string of the molecule is COc1cccc([C@@H]2N(C(=O)N3CCCCC3)CC(C)(C)[C@]2(O)C(C)(C)C)c1. The molecule has 2 atom stereocenters. The van der Waals surface area contributed by atoms with Gasteiger partial charge in [0.15, 0.2) is 0 Å². The van der Waals surface area contributed by atoms with E-state index in [2.05, 4.69) is 34.6 Å². The number of nitrogens with zero attached hydrogens (tertiary/aromatic N) is 2. The predicted octanol–water partition coefficient (Wildman–Crippen LogP) is 4.46. The molecule has 1 aromatic carbocycles. The molecule has 28 heavy (non-hydrogen) atoms. The molecule has 1 N–H and O–H groups in total. The second kappa shape index (κ2) is 7.25. The number of piperidine rings is 1. The second-order valence-corrected chi connectivity index (χ2v) is 10.0. The fraction of sp³-hybridized carbons (Fsp3) is 0.696. The van der Waals surface area contributed by atoms with Crippen molar-refractivity contribution in [3.05, 3.63) is 29.8 Å². The van der Waals surface area contributed by atoms with Crippen molar-refractivity contribution in [2.75, 3.05) is 26.7 Å². The first kappa shape index (κ1) is 21.0. The molecule has 0 radical (unpaired) electrons. The number of carbonyl (C=O) groups is 1. The van der Waals surface area contributed by atoms with Crippen molar-refractivity contribution in [2.45, 2.75) is 65.5 Å². The van der Waals surface area contributed by atoms with E-state index in [1.807, 2.05) is 34.1 Å². The molecule has 0 unspecified atom stereocenters. The summed E-state index contributed by atoms with van der Waals surface area (Å²) in [6.45, 7) is 12.5. The van der Waals surface area contributed by atoms with Crippen molar-refractivity contribution in [1.29, 1.82) is 0 Å². The van der Waals surface area contributed by atoms with Crippen LogP contribution in [0.2, 0.25) is 0 Å². The van der Waals surface area contributed by atoms with E-state index in [0.29, 0.717) is 6.54 Å². The Labute approximate surface area is 169 Å². The van der Waals surface area contributed by atoms with Crippen molar-refractivity contribution in [1.82, 2.24) is 9.80 Å². The number of carbonyl (C=O) groups excluding carboxylic acids is 1. The van der Waals surface area contributed by atoms with Gasteiger partial charge in [-0.3, -0.25) is 0 Å². The van der Waals surface area contributed by atoms with Crippen LogP contribution in [0.15, 0.2) is 24.3 Å². The number of methoxy groups -OCH3 is 1. The van der Waals surface area contributed by atoms with Crippen LogP contribution in [-0.4, -0.2) is 53.3 Å². The Morgan fingerprint density at radius 2 is 1.82 bits per heavy atom. The van der Waals surface area contributed by atoms with E-state index in [1.165, 1.54) is 6.42 Å². The molecule has 5 heteroatoms. The third kappa shape index (κ3) is 3.28. The van der Waals surface area contributed by atoms with Gasteiger partial charge in [-0.1, -0.05) is 46.8 Å². The van der Waals surface area contributed by atoms with Crippen LogP contribution < -0.4 is 4.74 Å². The number of benzene rings is 1. The number of aliphatic hydroxyl groups is 1. The van der Waals surface area contributed by atoms with Crippen molar-refractivity contribution in [2.24, 2.45) is 10.8 Å². The fourth-order valence-corrected chi connectivity index (χ4v) is 5.34. The van der Waals surface area contributed by atoms with Gasteiger partial charge in [-0.15, -0.1) is 0 Å². The molecule has 5 nitrogen and oxygen atoms in total. The van der Waals surface area contributed by atoms with Crippen LogP contribution in [0, 0.1) is 10.8 Å². The Morgan fingerprint density at radius 3 is 2.39 bits per heavy atom. The van der Waals surface area contributed by atoms with Crippen LogP contribution in [0.1, 0.15) is 65.5 Å². The maximum absolute atomic E-state index is 13.6. The van der Waals surface area contributed by atoms with Gasteiger partial charge in [0.05, 0.1) is 13.2 Å². The van der Waals surface area contributed by atoms with Gasteiger partial charge >= 0.3 is 6.03 Å². The number of amides is 2. The number of hydrogen-bond donors (Lipinski definition) is 1. The third-order valence-corrected chi connectivity index (χ3v) is 6.73. The van der Waals surface area contributed by atoms with Gasteiger partial charge in [0, 0.05) is 25.0 Å².